The summed E-state index contributed by atoms with van der Waals surface area (Å²) in [7, 11) is 1.53. The van der Waals surface area contributed by atoms with E-state index in [0.717, 1.165) is 25.9 Å². The van der Waals surface area contributed by atoms with Crippen molar-refractivity contribution in [3.8, 4) is 5.88 Å². The lowest BCUT2D eigenvalue weighted by Crippen LogP contribution is -2.56. The minimum absolute atomic E-state index is 0.0559. The largest absolute Gasteiger partial charge is 0.480 e. The summed E-state index contributed by atoms with van der Waals surface area (Å²) in [6.45, 7) is 2.67. The van der Waals surface area contributed by atoms with E-state index >= 15 is 0 Å². The van der Waals surface area contributed by atoms with Crippen LogP contribution in [0.4, 0.5) is 0 Å². The zero-order valence-electron chi connectivity index (χ0n) is 17.2. The summed E-state index contributed by atoms with van der Waals surface area (Å²) in [5.74, 6) is 0.615. The predicted molar refractivity (Wildman–Crippen MR) is 118 cm³/mol. The fraction of sp³-hybridized carbons (Fsp3) is 0.409. The second kappa shape index (κ2) is 8.22. The van der Waals surface area contributed by atoms with E-state index in [1.807, 2.05) is 0 Å². The van der Waals surface area contributed by atoms with E-state index in [2.05, 4.69) is 55.1 Å². The highest BCUT2D eigenvalue weighted by atomic mass is 79.9. The number of imidazole rings is 1. The van der Waals surface area contributed by atoms with E-state index in [9.17, 15) is 9.90 Å². The Labute approximate surface area is 188 Å². The van der Waals surface area contributed by atoms with Gasteiger partial charge in [0.15, 0.2) is 0 Å². The average molecular weight is 486 g/mol. The minimum atomic E-state index is -0.590. The number of aromatic nitrogens is 3. The Balaban J connectivity index is 1.28. The molecule has 1 saturated heterocycles. The molecular formula is C22H24BrN5O3. The maximum absolute atomic E-state index is 13.1. The molecule has 2 aliphatic heterocycles. The maximum atomic E-state index is 13.1. The Morgan fingerprint density at radius 3 is 2.77 bits per heavy atom. The van der Waals surface area contributed by atoms with Gasteiger partial charge in [-0.1, -0.05) is 24.3 Å². The maximum Gasteiger partial charge on any atom is 0.274 e. The van der Waals surface area contributed by atoms with Crippen LogP contribution in [-0.4, -0.2) is 74.1 Å². The lowest BCUT2D eigenvalue weighted by atomic mass is 9.94. The van der Waals surface area contributed by atoms with Crippen LogP contribution < -0.4 is 4.74 Å². The molecule has 4 heterocycles. The third-order valence-electron chi connectivity index (χ3n) is 6.25. The summed E-state index contributed by atoms with van der Waals surface area (Å²) in [4.78, 5) is 25.8. The van der Waals surface area contributed by atoms with E-state index < -0.39 is 6.10 Å². The van der Waals surface area contributed by atoms with Gasteiger partial charge in [-0.25, -0.2) is 4.98 Å². The van der Waals surface area contributed by atoms with E-state index in [1.165, 1.54) is 18.2 Å². The number of carbonyl (C=O) groups is 1. The second-order valence-corrected chi connectivity index (χ2v) is 8.95. The van der Waals surface area contributed by atoms with Crippen molar-refractivity contribution in [2.45, 2.75) is 31.5 Å². The Hall–Kier alpha value is -2.49. The van der Waals surface area contributed by atoms with Crippen LogP contribution in [0.3, 0.4) is 0 Å². The molecule has 0 radical (unpaired) electrons. The number of amides is 1. The van der Waals surface area contributed by atoms with Crippen LogP contribution in [-0.2, 0) is 13.0 Å². The number of halogens is 1. The number of fused-ring (bicyclic) bond motifs is 2. The molecule has 0 spiro atoms. The highest BCUT2D eigenvalue weighted by Gasteiger charge is 2.36. The predicted octanol–water partition coefficient (Wildman–Crippen LogP) is 2.13. The topological polar surface area (TPSA) is 83.2 Å². The standard InChI is InChI=1S/C22H24BrN5O3/c1-31-20-16(23)11-28-12-17(24-22(28)25-20)21(30)27-9-7-18(19(29)13-27)26-8-6-14-4-2-3-5-15(14)10-26/h2-5,11-12,18-19,29H,6-10,13H2,1H3/t18-,19-/m0/s1. The number of rotatable bonds is 3. The number of likely N-dealkylation sites (tertiary alicyclic amines) is 1. The highest BCUT2D eigenvalue weighted by molar-refractivity contribution is 9.10. The number of methoxy groups -OCH3 is 1. The van der Waals surface area contributed by atoms with Crippen molar-refractivity contribution in [3.63, 3.8) is 0 Å². The van der Waals surface area contributed by atoms with Gasteiger partial charge in [0.1, 0.15) is 5.69 Å². The van der Waals surface area contributed by atoms with E-state index in [4.69, 9.17) is 4.74 Å². The molecule has 0 unspecified atom stereocenters. The minimum Gasteiger partial charge on any atom is -0.480 e. The van der Waals surface area contributed by atoms with E-state index in [0.29, 0.717) is 34.9 Å². The van der Waals surface area contributed by atoms with Crippen molar-refractivity contribution in [3.05, 3.63) is 58.0 Å². The lowest BCUT2D eigenvalue weighted by molar-refractivity contribution is -0.0139. The molecule has 0 bridgehead atoms. The van der Waals surface area contributed by atoms with Gasteiger partial charge in [0.25, 0.3) is 5.91 Å². The molecule has 1 N–H and O–H groups in total. The summed E-state index contributed by atoms with van der Waals surface area (Å²) in [6, 6.07) is 8.55. The highest BCUT2D eigenvalue weighted by Crippen LogP contribution is 2.26. The van der Waals surface area contributed by atoms with Gasteiger partial charge >= 0.3 is 0 Å². The Morgan fingerprint density at radius 2 is 2.00 bits per heavy atom. The van der Waals surface area contributed by atoms with Crippen LogP contribution in [0.25, 0.3) is 5.78 Å². The molecular weight excluding hydrogens is 462 g/mol. The number of hydrogen-bond donors (Lipinski definition) is 1. The van der Waals surface area contributed by atoms with Crippen molar-refractivity contribution < 1.29 is 14.6 Å². The molecule has 9 heteroatoms. The molecule has 1 amide bonds. The fourth-order valence-corrected chi connectivity index (χ4v) is 5.09. The van der Waals surface area contributed by atoms with Gasteiger partial charge in [-0.2, -0.15) is 4.98 Å². The van der Waals surface area contributed by atoms with Crippen molar-refractivity contribution in [2.75, 3.05) is 26.7 Å². The summed E-state index contributed by atoms with van der Waals surface area (Å²) in [5, 5.41) is 10.9. The Morgan fingerprint density at radius 1 is 1.19 bits per heavy atom. The number of β-amino-alcohol motifs (C(OH)–C–C–N with tert-alkyl or cyclic N) is 1. The van der Waals surface area contributed by atoms with Crippen molar-refractivity contribution in [2.24, 2.45) is 0 Å². The van der Waals surface area contributed by atoms with Gasteiger partial charge in [-0.15, -0.1) is 0 Å². The van der Waals surface area contributed by atoms with E-state index in [1.54, 1.807) is 21.7 Å². The summed E-state index contributed by atoms with van der Waals surface area (Å²) < 4.78 is 7.57. The van der Waals surface area contributed by atoms with Crippen molar-refractivity contribution in [1.82, 2.24) is 24.2 Å². The molecule has 8 nitrogen and oxygen atoms in total. The van der Waals surface area contributed by atoms with Gasteiger partial charge in [0.05, 0.1) is 17.7 Å². The van der Waals surface area contributed by atoms with Crippen LogP contribution in [0.15, 0.2) is 41.1 Å². The SMILES string of the molecule is COc1nc2nc(C(=O)N3CC[C@H](N4CCc5ccccc5C4)[C@@H](O)C3)cn2cc1Br. The van der Waals surface area contributed by atoms with Crippen LogP contribution in [0.1, 0.15) is 28.0 Å². The Bertz CT molecular complexity index is 1130. The molecule has 3 aromatic rings. The molecule has 5 rings (SSSR count). The van der Waals surface area contributed by atoms with Gasteiger partial charge in [-0.3, -0.25) is 14.1 Å². The molecule has 162 valence electrons. The first-order valence-corrected chi connectivity index (χ1v) is 11.2. The number of benzene rings is 1. The van der Waals surface area contributed by atoms with E-state index in [-0.39, 0.29) is 11.9 Å². The van der Waals surface area contributed by atoms with Gasteiger partial charge < -0.3 is 14.7 Å². The zero-order chi connectivity index (χ0) is 21.5. The number of aliphatic hydroxyl groups is 1. The summed E-state index contributed by atoms with van der Waals surface area (Å²) >= 11 is 3.39. The van der Waals surface area contributed by atoms with Gasteiger partial charge in [0.2, 0.25) is 11.7 Å². The first-order valence-electron chi connectivity index (χ1n) is 10.4. The zero-order valence-corrected chi connectivity index (χ0v) is 18.8. The quantitative estimate of drug-likeness (QED) is 0.611. The summed E-state index contributed by atoms with van der Waals surface area (Å²) in [5.41, 5.74) is 3.04. The number of nitrogens with zero attached hydrogens (tertiary/aromatic N) is 5. The first kappa shape index (κ1) is 20.4. The summed E-state index contributed by atoms with van der Waals surface area (Å²) in [6.07, 6.45) is 4.57. The van der Waals surface area contributed by atoms with Gasteiger partial charge in [-0.05, 0) is 39.9 Å². The normalized spacial score (nSPS) is 21.8. The monoisotopic (exact) mass is 485 g/mol. The average Bonchev–Trinajstić information content (AvgIpc) is 3.20. The molecule has 2 aromatic heterocycles. The molecule has 1 fully saturated rings. The smallest absolute Gasteiger partial charge is 0.274 e. The van der Waals surface area contributed by atoms with Crippen molar-refractivity contribution in [1.29, 1.82) is 0 Å². The van der Waals surface area contributed by atoms with Crippen LogP contribution >= 0.6 is 15.9 Å². The second-order valence-electron chi connectivity index (χ2n) is 8.10. The van der Waals surface area contributed by atoms with Crippen LogP contribution in [0.5, 0.6) is 5.88 Å². The van der Waals surface area contributed by atoms with Gasteiger partial charge in [0, 0.05) is 44.6 Å². The number of ether oxygens (including phenoxy) is 1. The Kier molecular flexibility index (Phi) is 5.41. The number of carbonyl (C=O) groups excluding carboxylic acids is 1. The van der Waals surface area contributed by atoms with Crippen LogP contribution in [0, 0.1) is 0 Å². The molecule has 1 aromatic carbocycles. The lowest BCUT2D eigenvalue weighted by Gasteiger charge is -2.43. The third-order valence-corrected chi connectivity index (χ3v) is 6.79. The molecule has 2 aliphatic rings. The molecule has 2 atom stereocenters. The number of piperidine rings is 1. The molecule has 0 aliphatic carbocycles. The third kappa shape index (κ3) is 3.81. The number of hydrogen-bond acceptors (Lipinski definition) is 6. The van der Waals surface area contributed by atoms with Crippen molar-refractivity contribution >= 4 is 27.6 Å². The first-order chi connectivity index (χ1) is 15.0. The number of aliphatic hydroxyl groups excluding tert-OH is 1. The van der Waals surface area contributed by atoms with Crippen LogP contribution in [0.2, 0.25) is 0 Å². The molecule has 31 heavy (non-hydrogen) atoms. The fourth-order valence-electron chi connectivity index (χ4n) is 4.62. The molecule has 0 saturated carbocycles.